The van der Waals surface area contributed by atoms with Gasteiger partial charge in [-0.1, -0.05) is 19.1 Å². The van der Waals surface area contributed by atoms with Gasteiger partial charge in [-0.2, -0.15) is 0 Å². The average Bonchev–Trinajstić information content (AvgIpc) is 2.55. The van der Waals surface area contributed by atoms with E-state index in [0.29, 0.717) is 12.1 Å². The Hall–Kier alpha value is -1.83. The van der Waals surface area contributed by atoms with Gasteiger partial charge in [0.2, 0.25) is 0 Å². The van der Waals surface area contributed by atoms with Crippen LogP contribution < -0.4 is 0 Å². The van der Waals surface area contributed by atoms with E-state index in [-0.39, 0.29) is 17.4 Å². The van der Waals surface area contributed by atoms with Gasteiger partial charge in [-0.3, -0.25) is 4.90 Å². The van der Waals surface area contributed by atoms with Gasteiger partial charge >= 0.3 is 5.97 Å². The lowest BCUT2D eigenvalue weighted by molar-refractivity contribution is -0.204. The minimum absolute atomic E-state index is 0.0355. The minimum atomic E-state index is -0.917. The van der Waals surface area contributed by atoms with Gasteiger partial charge in [0.05, 0.1) is 23.8 Å². The molecule has 1 atom stereocenters. The number of rotatable bonds is 6. The summed E-state index contributed by atoms with van der Waals surface area (Å²) in [5, 5.41) is 10.6. The van der Waals surface area contributed by atoms with Crippen molar-refractivity contribution in [1.82, 2.24) is 9.80 Å². The molecule has 1 aromatic carbocycles. The zero-order valence-electron chi connectivity index (χ0n) is 16.2. The number of benzene rings is 1. The summed E-state index contributed by atoms with van der Waals surface area (Å²) in [6.07, 6.45) is 2.00. The van der Waals surface area contributed by atoms with Crippen LogP contribution in [0.5, 0.6) is 0 Å². The molecular weight excluding hydrogens is 379 g/mol. The second-order valence-electron chi connectivity index (χ2n) is 7.84. The monoisotopic (exact) mass is 404 g/mol. The van der Waals surface area contributed by atoms with Crippen molar-refractivity contribution < 1.29 is 19.0 Å². The highest BCUT2D eigenvalue weighted by Crippen LogP contribution is 2.43. The molecule has 2 saturated heterocycles. The molecule has 0 saturated carbocycles. The van der Waals surface area contributed by atoms with E-state index in [0.717, 1.165) is 48.2 Å². The number of aliphatic carboxylic acids is 1. The third-order valence-electron chi connectivity index (χ3n) is 5.59. The van der Waals surface area contributed by atoms with Gasteiger partial charge in [-0.15, -0.1) is 11.8 Å². The van der Waals surface area contributed by atoms with E-state index in [2.05, 4.69) is 9.80 Å². The van der Waals surface area contributed by atoms with Crippen molar-refractivity contribution in [2.45, 2.75) is 26.6 Å². The summed E-state index contributed by atoms with van der Waals surface area (Å²) in [4.78, 5) is 16.5. The number of ether oxygens (including phenoxy) is 1. The average molecular weight is 405 g/mol. The Morgan fingerprint density at radius 1 is 1.39 bits per heavy atom. The first-order valence-electron chi connectivity index (χ1n) is 9.54. The number of likely N-dealkylation sites (tertiary alicyclic amines) is 1. The first-order valence-corrected chi connectivity index (χ1v) is 10.5. The van der Waals surface area contributed by atoms with Crippen LogP contribution in [0.15, 0.2) is 46.5 Å². The van der Waals surface area contributed by atoms with Crippen LogP contribution in [0.2, 0.25) is 0 Å². The summed E-state index contributed by atoms with van der Waals surface area (Å²) in [7, 11) is 0. The molecule has 4 rings (SSSR count). The van der Waals surface area contributed by atoms with Gasteiger partial charge < -0.3 is 14.7 Å². The van der Waals surface area contributed by atoms with E-state index in [1.54, 1.807) is 6.07 Å². The largest absolute Gasteiger partial charge is 0.478 e. The van der Waals surface area contributed by atoms with Gasteiger partial charge in [-0.25, -0.2) is 9.18 Å². The maximum atomic E-state index is 13.8. The highest BCUT2D eigenvalue weighted by atomic mass is 32.2. The van der Waals surface area contributed by atoms with E-state index in [1.165, 1.54) is 23.9 Å². The first-order chi connectivity index (χ1) is 13.4. The summed E-state index contributed by atoms with van der Waals surface area (Å²) in [6.45, 7) is 7.83. The van der Waals surface area contributed by atoms with Crippen molar-refractivity contribution in [3.63, 3.8) is 0 Å². The molecule has 1 N–H and O–H groups in total. The van der Waals surface area contributed by atoms with Crippen LogP contribution >= 0.6 is 11.8 Å². The lowest BCUT2D eigenvalue weighted by atomic mass is 9.77. The van der Waals surface area contributed by atoms with Crippen molar-refractivity contribution in [3.8, 4) is 0 Å². The third kappa shape index (κ3) is 3.47. The van der Waals surface area contributed by atoms with E-state index >= 15 is 0 Å². The molecule has 0 amide bonds. The fraction of sp³-hybridized carbons (Fsp3) is 0.476. The van der Waals surface area contributed by atoms with Crippen LogP contribution in [-0.4, -0.2) is 59.1 Å². The maximum Gasteiger partial charge on any atom is 0.338 e. The zero-order valence-corrected chi connectivity index (χ0v) is 17.0. The molecule has 28 heavy (non-hydrogen) atoms. The summed E-state index contributed by atoms with van der Waals surface area (Å²) in [6, 6.07) is 6.53. The van der Waals surface area contributed by atoms with E-state index in [4.69, 9.17) is 4.74 Å². The van der Waals surface area contributed by atoms with Crippen LogP contribution in [0.4, 0.5) is 4.39 Å². The predicted molar refractivity (Wildman–Crippen MR) is 107 cm³/mol. The van der Waals surface area contributed by atoms with Crippen molar-refractivity contribution in [2.24, 2.45) is 5.41 Å². The zero-order chi connectivity index (χ0) is 19.9. The number of hydrogen-bond acceptors (Lipinski definition) is 5. The molecular formula is C21H25FN2O3S. The molecule has 1 aromatic rings. The van der Waals surface area contributed by atoms with Gasteiger partial charge in [0.15, 0.2) is 0 Å². The van der Waals surface area contributed by atoms with Crippen molar-refractivity contribution >= 4 is 17.7 Å². The molecule has 5 nitrogen and oxygen atoms in total. The fourth-order valence-electron chi connectivity index (χ4n) is 4.26. The summed E-state index contributed by atoms with van der Waals surface area (Å²) in [5.41, 5.74) is 2.23. The molecule has 150 valence electrons. The SMILES string of the molecule is CCSC1=C(C(=O)O)C(C)=CC(N2CC3(COC3)C2)N1Cc1cccc(F)c1. The second-order valence-corrected chi connectivity index (χ2v) is 9.09. The minimum Gasteiger partial charge on any atom is -0.478 e. The number of carboxylic acids is 1. The smallest absolute Gasteiger partial charge is 0.338 e. The normalized spacial score (nSPS) is 24.0. The van der Waals surface area contributed by atoms with Crippen LogP contribution in [0.25, 0.3) is 0 Å². The van der Waals surface area contributed by atoms with Crippen LogP contribution in [0, 0.1) is 11.2 Å². The molecule has 0 bridgehead atoms. The summed E-state index contributed by atoms with van der Waals surface area (Å²) >= 11 is 1.54. The molecule has 3 aliphatic rings. The van der Waals surface area contributed by atoms with Gasteiger partial charge in [0, 0.05) is 25.0 Å². The van der Waals surface area contributed by atoms with Gasteiger partial charge in [0.1, 0.15) is 12.0 Å². The van der Waals surface area contributed by atoms with Gasteiger partial charge in [0.25, 0.3) is 0 Å². The molecule has 0 aromatic heterocycles. The van der Waals surface area contributed by atoms with Crippen LogP contribution in [0.3, 0.4) is 0 Å². The molecule has 0 aliphatic carbocycles. The number of thioether (sulfide) groups is 1. The highest BCUT2D eigenvalue weighted by Gasteiger charge is 2.52. The number of halogens is 1. The first kappa shape index (κ1) is 19.5. The Balaban J connectivity index is 1.68. The van der Waals surface area contributed by atoms with E-state index in [1.807, 2.05) is 26.0 Å². The Labute approximate surface area is 168 Å². The molecule has 3 heterocycles. The maximum absolute atomic E-state index is 13.8. The van der Waals surface area contributed by atoms with Crippen LogP contribution in [-0.2, 0) is 16.1 Å². The van der Waals surface area contributed by atoms with Gasteiger partial charge in [-0.05, 0) is 42.0 Å². The number of nitrogens with zero attached hydrogens (tertiary/aromatic N) is 2. The van der Waals surface area contributed by atoms with Crippen molar-refractivity contribution in [2.75, 3.05) is 32.1 Å². The standard InChI is InChI=1S/C21H25FN2O3S/c1-3-28-19-18(20(25)26)14(2)7-17(23-10-21(11-23)12-27-13-21)24(19)9-15-5-4-6-16(22)8-15/h4-8,17H,3,9-13H2,1-2H3,(H,25,26). The fourth-order valence-corrected chi connectivity index (χ4v) is 5.26. The lowest BCUT2D eigenvalue weighted by Gasteiger charge is -2.59. The lowest BCUT2D eigenvalue weighted by Crippen LogP contribution is -2.70. The van der Waals surface area contributed by atoms with E-state index < -0.39 is 5.97 Å². The van der Waals surface area contributed by atoms with Crippen molar-refractivity contribution in [3.05, 3.63) is 57.9 Å². The Morgan fingerprint density at radius 3 is 2.71 bits per heavy atom. The molecule has 1 spiro atoms. The van der Waals surface area contributed by atoms with E-state index in [9.17, 15) is 14.3 Å². The Bertz CT molecular complexity index is 842. The second kappa shape index (κ2) is 7.54. The third-order valence-corrected chi connectivity index (χ3v) is 6.59. The number of hydrogen-bond donors (Lipinski definition) is 1. The molecule has 1 unspecified atom stereocenters. The Kier molecular flexibility index (Phi) is 5.24. The number of carboxylic acid groups (broad SMARTS) is 1. The Morgan fingerprint density at radius 2 is 2.14 bits per heavy atom. The molecule has 2 fully saturated rings. The van der Waals surface area contributed by atoms with Crippen molar-refractivity contribution in [1.29, 1.82) is 0 Å². The quantitative estimate of drug-likeness (QED) is 0.785. The topological polar surface area (TPSA) is 53.0 Å². The highest BCUT2D eigenvalue weighted by molar-refractivity contribution is 8.03. The predicted octanol–water partition coefficient (Wildman–Crippen LogP) is 3.30. The summed E-state index contributed by atoms with van der Waals surface area (Å²) < 4.78 is 19.1. The molecule has 0 radical (unpaired) electrons. The number of carbonyl (C=O) groups is 1. The molecule has 3 aliphatic heterocycles. The molecule has 7 heteroatoms. The van der Waals surface area contributed by atoms with Crippen LogP contribution in [0.1, 0.15) is 19.4 Å². The summed E-state index contributed by atoms with van der Waals surface area (Å²) in [5.74, 6) is -0.428.